The van der Waals surface area contributed by atoms with Crippen molar-refractivity contribution >= 4 is 39.5 Å². The maximum atomic E-state index is 10.6. The zero-order valence-electron chi connectivity index (χ0n) is 9.78. The fourth-order valence-corrected chi connectivity index (χ4v) is 2.50. The first-order valence-electron chi connectivity index (χ1n) is 5.63. The Morgan fingerprint density at radius 3 is 2.74 bits per heavy atom. The lowest BCUT2D eigenvalue weighted by molar-refractivity contribution is -0.380. The van der Waals surface area contributed by atoms with E-state index in [1.807, 2.05) is 42.5 Å². The highest BCUT2D eigenvalue weighted by Gasteiger charge is 2.07. The third-order valence-electron chi connectivity index (χ3n) is 2.65. The Bertz CT molecular complexity index is 737. The summed E-state index contributed by atoms with van der Waals surface area (Å²) in [7, 11) is 0. The van der Waals surface area contributed by atoms with E-state index in [0.29, 0.717) is 0 Å². The van der Waals surface area contributed by atoms with Gasteiger partial charge in [-0.2, -0.15) is 0 Å². The van der Waals surface area contributed by atoms with E-state index in [2.05, 4.69) is 0 Å². The van der Waals surface area contributed by atoms with Gasteiger partial charge in [0.05, 0.1) is 4.92 Å². The van der Waals surface area contributed by atoms with Gasteiger partial charge < -0.3 is 4.42 Å². The summed E-state index contributed by atoms with van der Waals surface area (Å²) in [6.45, 7) is 0. The van der Waals surface area contributed by atoms with Crippen LogP contribution in [-0.2, 0) is 0 Å². The number of thiophene rings is 1. The lowest BCUT2D eigenvalue weighted by Crippen LogP contribution is -1.80. The van der Waals surface area contributed by atoms with Crippen molar-refractivity contribution in [1.82, 2.24) is 0 Å². The van der Waals surface area contributed by atoms with Crippen LogP contribution in [0.3, 0.4) is 0 Å². The van der Waals surface area contributed by atoms with E-state index >= 15 is 0 Å². The van der Waals surface area contributed by atoms with Gasteiger partial charge in [-0.1, -0.05) is 29.5 Å². The third-order valence-corrected chi connectivity index (χ3v) is 3.65. The molecule has 0 saturated heterocycles. The Morgan fingerprint density at radius 1 is 1.16 bits per heavy atom. The Hall–Kier alpha value is -2.40. The van der Waals surface area contributed by atoms with Crippen LogP contribution < -0.4 is 0 Å². The van der Waals surface area contributed by atoms with Crippen LogP contribution in [0.4, 0.5) is 5.00 Å². The van der Waals surface area contributed by atoms with Gasteiger partial charge in [-0.05, 0) is 30.4 Å². The summed E-state index contributed by atoms with van der Waals surface area (Å²) < 4.78 is 5.63. The average Bonchev–Trinajstić information content (AvgIpc) is 3.02. The van der Waals surface area contributed by atoms with Crippen molar-refractivity contribution in [1.29, 1.82) is 0 Å². The zero-order chi connectivity index (χ0) is 13.2. The van der Waals surface area contributed by atoms with Crippen LogP contribution in [0.5, 0.6) is 0 Å². The molecule has 0 fully saturated rings. The molecule has 0 aliphatic heterocycles. The summed E-state index contributed by atoms with van der Waals surface area (Å²) in [4.78, 5) is 11.0. The van der Waals surface area contributed by atoms with Crippen molar-refractivity contribution in [3.8, 4) is 0 Å². The quantitative estimate of drug-likeness (QED) is 0.517. The third kappa shape index (κ3) is 2.41. The first kappa shape index (κ1) is 11.7. The van der Waals surface area contributed by atoms with E-state index in [4.69, 9.17) is 4.42 Å². The summed E-state index contributed by atoms with van der Waals surface area (Å²) in [6, 6.07) is 12.9. The van der Waals surface area contributed by atoms with Gasteiger partial charge in [-0.25, -0.2) is 0 Å². The normalized spacial score (nSPS) is 11.4. The molecule has 3 aromatic rings. The lowest BCUT2D eigenvalue weighted by atomic mass is 10.2. The van der Waals surface area contributed by atoms with E-state index in [9.17, 15) is 10.1 Å². The first-order chi connectivity index (χ1) is 9.22. The molecule has 5 heteroatoms. The second kappa shape index (κ2) is 4.70. The minimum absolute atomic E-state index is 0.143. The lowest BCUT2D eigenvalue weighted by Gasteiger charge is -1.84. The molecule has 4 nitrogen and oxygen atoms in total. The van der Waals surface area contributed by atoms with Gasteiger partial charge in [0.25, 0.3) is 0 Å². The SMILES string of the molecule is O=[N+]([O-])c1ccc(C=Cc2cc3ccccc3o2)s1. The molecular formula is C14H9NO3S. The van der Waals surface area contributed by atoms with Crippen LogP contribution >= 0.6 is 11.3 Å². The molecule has 0 N–H and O–H groups in total. The highest BCUT2D eigenvalue weighted by atomic mass is 32.1. The number of benzene rings is 1. The molecule has 0 aliphatic carbocycles. The van der Waals surface area contributed by atoms with Crippen molar-refractivity contribution in [2.75, 3.05) is 0 Å². The molecular weight excluding hydrogens is 262 g/mol. The number of fused-ring (bicyclic) bond motifs is 1. The van der Waals surface area contributed by atoms with Crippen LogP contribution in [0, 0.1) is 10.1 Å². The van der Waals surface area contributed by atoms with E-state index < -0.39 is 0 Å². The average molecular weight is 271 g/mol. The number of hydrogen-bond acceptors (Lipinski definition) is 4. The molecule has 0 atom stereocenters. The maximum Gasteiger partial charge on any atom is 0.324 e. The Labute approximate surface area is 112 Å². The largest absolute Gasteiger partial charge is 0.457 e. The summed E-state index contributed by atoms with van der Waals surface area (Å²) in [6.07, 6.45) is 3.63. The second-order valence-electron chi connectivity index (χ2n) is 3.95. The fraction of sp³-hybridized carbons (Fsp3) is 0. The molecule has 2 heterocycles. The van der Waals surface area contributed by atoms with Gasteiger partial charge in [0, 0.05) is 16.3 Å². The first-order valence-corrected chi connectivity index (χ1v) is 6.45. The summed E-state index contributed by atoms with van der Waals surface area (Å²) in [5, 5.41) is 11.8. The van der Waals surface area contributed by atoms with Crippen LogP contribution in [0.15, 0.2) is 46.9 Å². The Kier molecular flexibility index (Phi) is 2.89. The summed E-state index contributed by atoms with van der Waals surface area (Å²) >= 11 is 1.14. The number of rotatable bonds is 3. The van der Waals surface area contributed by atoms with Gasteiger partial charge in [0.2, 0.25) is 0 Å². The molecule has 2 aromatic heterocycles. The predicted octanol–water partition coefficient (Wildman–Crippen LogP) is 4.57. The van der Waals surface area contributed by atoms with Gasteiger partial charge >= 0.3 is 5.00 Å². The summed E-state index contributed by atoms with van der Waals surface area (Å²) in [5.41, 5.74) is 0.833. The van der Waals surface area contributed by atoms with E-state index in [-0.39, 0.29) is 9.92 Å². The number of para-hydroxylation sites is 1. The molecule has 0 saturated carbocycles. The number of hydrogen-bond donors (Lipinski definition) is 0. The number of nitrogens with zero attached hydrogens (tertiary/aromatic N) is 1. The Morgan fingerprint density at radius 2 is 2.00 bits per heavy atom. The number of furan rings is 1. The molecule has 0 amide bonds. The van der Waals surface area contributed by atoms with Crippen LogP contribution in [-0.4, -0.2) is 4.92 Å². The molecule has 1 aromatic carbocycles. The minimum Gasteiger partial charge on any atom is -0.457 e. The van der Waals surface area contributed by atoms with Gasteiger partial charge in [0.1, 0.15) is 11.3 Å². The molecule has 0 bridgehead atoms. The molecule has 19 heavy (non-hydrogen) atoms. The standard InChI is InChI=1S/C14H9NO3S/c16-15(17)14-8-7-12(19-14)6-5-11-9-10-3-1-2-4-13(10)18-11/h1-9H. The Balaban J connectivity index is 1.86. The van der Waals surface area contributed by atoms with Crippen molar-refractivity contribution in [3.05, 3.63) is 63.2 Å². The van der Waals surface area contributed by atoms with Crippen LogP contribution in [0.25, 0.3) is 23.1 Å². The monoisotopic (exact) mass is 271 g/mol. The highest BCUT2D eigenvalue weighted by molar-refractivity contribution is 7.16. The van der Waals surface area contributed by atoms with Crippen LogP contribution in [0.1, 0.15) is 10.6 Å². The fourth-order valence-electron chi connectivity index (χ4n) is 1.78. The zero-order valence-corrected chi connectivity index (χ0v) is 10.6. The van der Waals surface area contributed by atoms with Gasteiger partial charge in [0.15, 0.2) is 0 Å². The molecule has 3 rings (SSSR count). The smallest absolute Gasteiger partial charge is 0.324 e. The molecule has 0 spiro atoms. The van der Waals surface area contributed by atoms with Crippen molar-refractivity contribution in [2.45, 2.75) is 0 Å². The highest BCUT2D eigenvalue weighted by Crippen LogP contribution is 2.26. The van der Waals surface area contributed by atoms with E-state index in [1.54, 1.807) is 6.07 Å². The summed E-state index contributed by atoms with van der Waals surface area (Å²) in [5.74, 6) is 0.734. The molecule has 0 radical (unpaired) electrons. The molecule has 0 unspecified atom stereocenters. The van der Waals surface area contributed by atoms with Crippen molar-refractivity contribution in [2.24, 2.45) is 0 Å². The maximum absolute atomic E-state index is 10.6. The van der Waals surface area contributed by atoms with Crippen molar-refractivity contribution in [3.63, 3.8) is 0 Å². The van der Waals surface area contributed by atoms with Gasteiger partial charge in [-0.3, -0.25) is 10.1 Å². The molecule has 94 valence electrons. The van der Waals surface area contributed by atoms with E-state index in [1.165, 1.54) is 6.07 Å². The second-order valence-corrected chi connectivity index (χ2v) is 5.05. The predicted molar refractivity (Wildman–Crippen MR) is 76.1 cm³/mol. The minimum atomic E-state index is -0.386. The topological polar surface area (TPSA) is 56.3 Å². The van der Waals surface area contributed by atoms with Gasteiger partial charge in [-0.15, -0.1) is 0 Å². The molecule has 0 aliphatic rings. The van der Waals surface area contributed by atoms with Crippen LogP contribution in [0.2, 0.25) is 0 Å². The van der Waals surface area contributed by atoms with Crippen molar-refractivity contribution < 1.29 is 9.34 Å². The van der Waals surface area contributed by atoms with E-state index in [0.717, 1.165) is 32.9 Å². The number of nitro groups is 1.